The second kappa shape index (κ2) is 3.69. The first-order chi connectivity index (χ1) is 8.74. The van der Waals surface area contributed by atoms with Crippen LogP contribution in [-0.4, -0.2) is 39.2 Å². The molecule has 1 N–H and O–H groups in total. The summed E-state index contributed by atoms with van der Waals surface area (Å²) >= 11 is 0. The SMILES string of the molecule is COc1cc2c(=O)[nH]c3nnnn3c2cc1OC. The molecular formula is C10H9N5O3. The zero-order valence-electron chi connectivity index (χ0n) is 9.67. The van der Waals surface area contributed by atoms with Gasteiger partial charge in [-0.2, -0.15) is 4.52 Å². The molecule has 1 aromatic carbocycles. The van der Waals surface area contributed by atoms with Crippen molar-refractivity contribution in [2.24, 2.45) is 0 Å². The van der Waals surface area contributed by atoms with E-state index in [1.54, 1.807) is 12.1 Å². The van der Waals surface area contributed by atoms with Crippen LogP contribution in [0.15, 0.2) is 16.9 Å². The maximum absolute atomic E-state index is 11.9. The van der Waals surface area contributed by atoms with Gasteiger partial charge in [0.05, 0.1) is 25.1 Å². The van der Waals surface area contributed by atoms with E-state index in [0.717, 1.165) is 0 Å². The van der Waals surface area contributed by atoms with Crippen molar-refractivity contribution in [3.8, 4) is 11.5 Å². The number of fused-ring (bicyclic) bond motifs is 3. The van der Waals surface area contributed by atoms with Gasteiger partial charge in [0.15, 0.2) is 11.5 Å². The fourth-order valence-electron chi connectivity index (χ4n) is 1.82. The third-order valence-corrected chi connectivity index (χ3v) is 2.67. The third-order valence-electron chi connectivity index (χ3n) is 2.67. The number of hydrogen-bond acceptors (Lipinski definition) is 6. The Labute approximate surface area is 100 Å². The van der Waals surface area contributed by atoms with Gasteiger partial charge in [0.25, 0.3) is 11.3 Å². The van der Waals surface area contributed by atoms with Gasteiger partial charge >= 0.3 is 0 Å². The van der Waals surface area contributed by atoms with E-state index in [1.807, 2.05) is 0 Å². The lowest BCUT2D eigenvalue weighted by Gasteiger charge is -2.08. The van der Waals surface area contributed by atoms with Gasteiger partial charge in [0.1, 0.15) is 0 Å². The number of aromatic nitrogens is 5. The summed E-state index contributed by atoms with van der Waals surface area (Å²) in [4.78, 5) is 14.5. The summed E-state index contributed by atoms with van der Waals surface area (Å²) in [7, 11) is 3.03. The van der Waals surface area contributed by atoms with E-state index in [4.69, 9.17) is 9.47 Å². The van der Waals surface area contributed by atoms with Crippen LogP contribution < -0.4 is 15.0 Å². The molecule has 3 rings (SSSR count). The number of aromatic amines is 1. The molecule has 0 amide bonds. The Balaban J connectivity index is 2.52. The molecule has 0 atom stereocenters. The van der Waals surface area contributed by atoms with Crippen LogP contribution in [0.1, 0.15) is 0 Å². The van der Waals surface area contributed by atoms with Crippen LogP contribution in [-0.2, 0) is 0 Å². The molecule has 0 aliphatic carbocycles. The second-order valence-electron chi connectivity index (χ2n) is 3.59. The number of tetrazole rings is 1. The van der Waals surface area contributed by atoms with E-state index >= 15 is 0 Å². The smallest absolute Gasteiger partial charge is 0.260 e. The molecule has 0 aliphatic heterocycles. The highest BCUT2D eigenvalue weighted by molar-refractivity contribution is 5.83. The van der Waals surface area contributed by atoms with Gasteiger partial charge in [0.2, 0.25) is 0 Å². The topological polar surface area (TPSA) is 94.4 Å². The molecule has 0 saturated heterocycles. The second-order valence-corrected chi connectivity index (χ2v) is 3.59. The molecule has 0 spiro atoms. The van der Waals surface area contributed by atoms with E-state index < -0.39 is 0 Å². The predicted octanol–water partition coefficient (Wildman–Crippen LogP) is -0.0170. The zero-order valence-corrected chi connectivity index (χ0v) is 9.67. The zero-order chi connectivity index (χ0) is 12.7. The maximum atomic E-state index is 11.9. The van der Waals surface area contributed by atoms with Crippen molar-refractivity contribution in [3.05, 3.63) is 22.5 Å². The van der Waals surface area contributed by atoms with Crippen LogP contribution in [0.3, 0.4) is 0 Å². The molecule has 0 saturated carbocycles. The van der Waals surface area contributed by atoms with Crippen molar-refractivity contribution in [3.63, 3.8) is 0 Å². The fourth-order valence-corrected chi connectivity index (χ4v) is 1.82. The average Bonchev–Trinajstić information content (AvgIpc) is 2.85. The number of H-pyrrole nitrogens is 1. The molecule has 0 bridgehead atoms. The Bertz CT molecular complexity index is 791. The summed E-state index contributed by atoms with van der Waals surface area (Å²) in [6.45, 7) is 0. The molecule has 18 heavy (non-hydrogen) atoms. The van der Waals surface area contributed by atoms with E-state index in [0.29, 0.717) is 22.4 Å². The number of rotatable bonds is 2. The van der Waals surface area contributed by atoms with Gasteiger partial charge in [0, 0.05) is 6.07 Å². The van der Waals surface area contributed by atoms with Gasteiger partial charge in [-0.3, -0.25) is 9.78 Å². The molecule has 0 radical (unpaired) electrons. The Morgan fingerprint density at radius 2 is 1.94 bits per heavy atom. The quantitative estimate of drug-likeness (QED) is 0.684. The number of hydrogen-bond donors (Lipinski definition) is 1. The number of nitrogens with zero attached hydrogens (tertiary/aromatic N) is 4. The number of methoxy groups -OCH3 is 2. The molecule has 3 aromatic rings. The molecule has 2 aromatic heterocycles. The van der Waals surface area contributed by atoms with Crippen LogP contribution in [0.2, 0.25) is 0 Å². The lowest BCUT2D eigenvalue weighted by atomic mass is 10.2. The van der Waals surface area contributed by atoms with Gasteiger partial charge in [-0.25, -0.2) is 0 Å². The van der Waals surface area contributed by atoms with Crippen LogP contribution in [0.5, 0.6) is 11.5 Å². The van der Waals surface area contributed by atoms with Gasteiger partial charge < -0.3 is 9.47 Å². The van der Waals surface area contributed by atoms with E-state index in [9.17, 15) is 4.79 Å². The first-order valence-corrected chi connectivity index (χ1v) is 5.10. The highest BCUT2D eigenvalue weighted by Gasteiger charge is 2.12. The summed E-state index contributed by atoms with van der Waals surface area (Å²) < 4.78 is 11.8. The number of benzene rings is 1. The highest BCUT2D eigenvalue weighted by atomic mass is 16.5. The first-order valence-electron chi connectivity index (χ1n) is 5.10. The van der Waals surface area contributed by atoms with Crippen LogP contribution >= 0.6 is 0 Å². The van der Waals surface area contributed by atoms with Gasteiger partial charge in [-0.15, -0.1) is 0 Å². The third kappa shape index (κ3) is 1.32. The fraction of sp³-hybridized carbons (Fsp3) is 0.200. The van der Waals surface area contributed by atoms with Crippen LogP contribution in [0.4, 0.5) is 0 Å². The molecule has 2 heterocycles. The molecule has 0 aliphatic rings. The monoisotopic (exact) mass is 247 g/mol. The molecule has 0 fully saturated rings. The molecule has 8 heteroatoms. The van der Waals surface area contributed by atoms with Gasteiger partial charge in [-0.05, 0) is 16.5 Å². The predicted molar refractivity (Wildman–Crippen MR) is 62.0 cm³/mol. The van der Waals surface area contributed by atoms with Crippen molar-refractivity contribution in [2.45, 2.75) is 0 Å². The van der Waals surface area contributed by atoms with Crippen molar-refractivity contribution >= 4 is 16.7 Å². The number of nitrogens with one attached hydrogen (secondary N) is 1. The van der Waals surface area contributed by atoms with Crippen LogP contribution in [0, 0.1) is 0 Å². The Morgan fingerprint density at radius 1 is 1.22 bits per heavy atom. The first kappa shape index (κ1) is 10.5. The molecule has 8 nitrogen and oxygen atoms in total. The summed E-state index contributed by atoms with van der Waals surface area (Å²) in [6, 6.07) is 3.25. The lowest BCUT2D eigenvalue weighted by Crippen LogP contribution is -2.11. The van der Waals surface area contributed by atoms with Crippen molar-refractivity contribution < 1.29 is 9.47 Å². The van der Waals surface area contributed by atoms with Crippen LogP contribution in [0.25, 0.3) is 16.7 Å². The Kier molecular flexibility index (Phi) is 2.15. The Hall–Kier alpha value is -2.64. The minimum absolute atomic E-state index is 0.278. The lowest BCUT2D eigenvalue weighted by molar-refractivity contribution is 0.355. The van der Waals surface area contributed by atoms with E-state index in [-0.39, 0.29) is 11.3 Å². The standard InChI is InChI=1S/C10H9N5O3/c1-17-7-3-5-6(4-8(7)18-2)15-10(11-9(5)16)12-13-14-15/h3-4H,1-2H3,(H,11,12,14,16). The van der Waals surface area contributed by atoms with E-state index in [2.05, 4.69) is 20.5 Å². The van der Waals surface area contributed by atoms with Crippen molar-refractivity contribution in [1.29, 1.82) is 0 Å². The molecular weight excluding hydrogens is 238 g/mol. The number of ether oxygens (including phenoxy) is 2. The highest BCUT2D eigenvalue weighted by Crippen LogP contribution is 2.30. The normalized spacial score (nSPS) is 11.0. The molecule has 92 valence electrons. The largest absolute Gasteiger partial charge is 0.493 e. The summed E-state index contributed by atoms with van der Waals surface area (Å²) in [5.74, 6) is 1.26. The Morgan fingerprint density at radius 3 is 2.67 bits per heavy atom. The minimum atomic E-state index is -0.284. The van der Waals surface area contributed by atoms with Crippen molar-refractivity contribution in [1.82, 2.24) is 25.0 Å². The molecule has 0 unspecified atom stereocenters. The van der Waals surface area contributed by atoms with E-state index in [1.165, 1.54) is 18.7 Å². The van der Waals surface area contributed by atoms with Gasteiger partial charge in [-0.1, -0.05) is 5.10 Å². The van der Waals surface area contributed by atoms with Crippen molar-refractivity contribution in [2.75, 3.05) is 14.2 Å². The minimum Gasteiger partial charge on any atom is -0.493 e. The summed E-state index contributed by atoms with van der Waals surface area (Å²) in [5.41, 5.74) is 0.268. The average molecular weight is 247 g/mol. The summed E-state index contributed by atoms with van der Waals surface area (Å²) in [6.07, 6.45) is 0. The maximum Gasteiger partial charge on any atom is 0.260 e. The summed E-state index contributed by atoms with van der Waals surface area (Å²) in [5, 5.41) is 11.4.